The van der Waals surface area contributed by atoms with Gasteiger partial charge in [-0.2, -0.15) is 0 Å². The van der Waals surface area contributed by atoms with Crippen molar-refractivity contribution in [3.05, 3.63) is 0 Å². The third-order valence-corrected chi connectivity index (χ3v) is 3.09. The van der Waals surface area contributed by atoms with Crippen LogP contribution < -0.4 is 0 Å². The molecular formula is C15H28O5. The van der Waals surface area contributed by atoms with Crippen LogP contribution in [0.4, 0.5) is 0 Å². The standard InChI is InChI=1S/C15H28O5/c16-12-7-5-3-1-2-4-6-8-13-20-15(19)11-9-10-14(17)18/h16H,1-13H2,(H,17,18). The number of hydrogen-bond acceptors (Lipinski definition) is 4. The van der Waals surface area contributed by atoms with E-state index in [1.807, 2.05) is 0 Å². The van der Waals surface area contributed by atoms with Gasteiger partial charge in [-0.25, -0.2) is 0 Å². The first-order chi connectivity index (χ1) is 9.66. The Labute approximate surface area is 121 Å². The van der Waals surface area contributed by atoms with E-state index in [-0.39, 0.29) is 25.4 Å². The fraction of sp³-hybridized carbons (Fsp3) is 0.867. The lowest BCUT2D eigenvalue weighted by atomic mass is 10.1. The first-order valence-electron chi connectivity index (χ1n) is 7.65. The summed E-state index contributed by atoms with van der Waals surface area (Å²) in [7, 11) is 0. The van der Waals surface area contributed by atoms with Crippen molar-refractivity contribution in [3.63, 3.8) is 0 Å². The van der Waals surface area contributed by atoms with Crippen LogP contribution in [0.15, 0.2) is 0 Å². The lowest BCUT2D eigenvalue weighted by Crippen LogP contribution is -2.06. The van der Waals surface area contributed by atoms with Crippen molar-refractivity contribution in [1.29, 1.82) is 0 Å². The van der Waals surface area contributed by atoms with Crippen molar-refractivity contribution < 1.29 is 24.5 Å². The van der Waals surface area contributed by atoms with Crippen LogP contribution in [-0.2, 0) is 14.3 Å². The number of carboxylic acid groups (broad SMARTS) is 1. The second-order valence-electron chi connectivity index (χ2n) is 5.02. The van der Waals surface area contributed by atoms with Crippen LogP contribution in [0.1, 0.15) is 70.6 Å². The number of aliphatic hydroxyl groups excluding tert-OH is 1. The van der Waals surface area contributed by atoms with Gasteiger partial charge in [0.15, 0.2) is 0 Å². The van der Waals surface area contributed by atoms with E-state index in [0.29, 0.717) is 13.0 Å². The van der Waals surface area contributed by atoms with E-state index in [1.54, 1.807) is 0 Å². The molecule has 0 saturated carbocycles. The van der Waals surface area contributed by atoms with Gasteiger partial charge < -0.3 is 14.9 Å². The van der Waals surface area contributed by atoms with E-state index in [0.717, 1.165) is 32.1 Å². The fourth-order valence-corrected chi connectivity index (χ4v) is 1.92. The fourth-order valence-electron chi connectivity index (χ4n) is 1.92. The van der Waals surface area contributed by atoms with Crippen molar-refractivity contribution in [3.8, 4) is 0 Å². The van der Waals surface area contributed by atoms with E-state index < -0.39 is 5.97 Å². The van der Waals surface area contributed by atoms with Gasteiger partial charge in [0.1, 0.15) is 0 Å². The van der Waals surface area contributed by atoms with Crippen molar-refractivity contribution in [2.45, 2.75) is 70.6 Å². The molecule has 0 aromatic rings. The molecule has 0 spiro atoms. The number of carbonyl (C=O) groups excluding carboxylic acids is 1. The van der Waals surface area contributed by atoms with Crippen molar-refractivity contribution >= 4 is 11.9 Å². The molecule has 0 saturated heterocycles. The SMILES string of the molecule is O=C(O)CCCC(=O)OCCCCCCCCCCO. The summed E-state index contributed by atoms with van der Waals surface area (Å²) in [6.07, 6.45) is 9.22. The van der Waals surface area contributed by atoms with Gasteiger partial charge in [0.2, 0.25) is 0 Å². The summed E-state index contributed by atoms with van der Waals surface area (Å²) in [6, 6.07) is 0. The topological polar surface area (TPSA) is 83.8 Å². The first-order valence-corrected chi connectivity index (χ1v) is 7.65. The Morgan fingerprint density at radius 2 is 1.30 bits per heavy atom. The first kappa shape index (κ1) is 18.9. The summed E-state index contributed by atoms with van der Waals surface area (Å²) in [4.78, 5) is 21.5. The van der Waals surface area contributed by atoms with Crippen LogP contribution >= 0.6 is 0 Å². The van der Waals surface area contributed by atoms with Gasteiger partial charge in [-0.1, -0.05) is 38.5 Å². The normalized spacial score (nSPS) is 10.4. The van der Waals surface area contributed by atoms with Gasteiger partial charge in [0.05, 0.1) is 6.61 Å². The zero-order valence-corrected chi connectivity index (χ0v) is 12.3. The molecule has 0 aromatic heterocycles. The van der Waals surface area contributed by atoms with Gasteiger partial charge in [-0.05, 0) is 19.3 Å². The van der Waals surface area contributed by atoms with Gasteiger partial charge in [-0.3, -0.25) is 9.59 Å². The molecule has 0 aliphatic heterocycles. The maximum atomic E-state index is 11.2. The largest absolute Gasteiger partial charge is 0.481 e. The Hall–Kier alpha value is -1.10. The molecule has 0 unspecified atom stereocenters. The number of aliphatic hydroxyl groups is 1. The van der Waals surface area contributed by atoms with E-state index in [2.05, 4.69) is 0 Å². The molecular weight excluding hydrogens is 260 g/mol. The molecule has 2 N–H and O–H groups in total. The minimum absolute atomic E-state index is 0.0192. The molecule has 0 atom stereocenters. The van der Waals surface area contributed by atoms with Crippen LogP contribution in [-0.4, -0.2) is 35.4 Å². The zero-order valence-electron chi connectivity index (χ0n) is 12.3. The second kappa shape index (κ2) is 14.3. The van der Waals surface area contributed by atoms with Gasteiger partial charge in [0.25, 0.3) is 0 Å². The van der Waals surface area contributed by atoms with E-state index in [4.69, 9.17) is 14.9 Å². The number of hydrogen-bond donors (Lipinski definition) is 2. The van der Waals surface area contributed by atoms with Crippen molar-refractivity contribution in [2.24, 2.45) is 0 Å². The quantitative estimate of drug-likeness (QED) is 0.379. The van der Waals surface area contributed by atoms with E-state index in [1.165, 1.54) is 19.3 Å². The highest BCUT2D eigenvalue weighted by Crippen LogP contribution is 2.08. The van der Waals surface area contributed by atoms with Crippen LogP contribution in [0.2, 0.25) is 0 Å². The highest BCUT2D eigenvalue weighted by Gasteiger charge is 2.04. The summed E-state index contributed by atoms with van der Waals surface area (Å²) in [5.41, 5.74) is 0. The smallest absolute Gasteiger partial charge is 0.305 e. The van der Waals surface area contributed by atoms with Crippen LogP contribution in [0.3, 0.4) is 0 Å². The number of carboxylic acids is 1. The minimum atomic E-state index is -0.878. The second-order valence-corrected chi connectivity index (χ2v) is 5.02. The molecule has 20 heavy (non-hydrogen) atoms. The Balaban J connectivity index is 3.15. The lowest BCUT2D eigenvalue weighted by Gasteiger charge is -2.04. The highest BCUT2D eigenvalue weighted by molar-refractivity contribution is 5.71. The van der Waals surface area contributed by atoms with E-state index >= 15 is 0 Å². The third kappa shape index (κ3) is 15.0. The molecule has 0 rings (SSSR count). The Morgan fingerprint density at radius 1 is 0.750 bits per heavy atom. The molecule has 0 aliphatic rings. The maximum Gasteiger partial charge on any atom is 0.305 e. The van der Waals surface area contributed by atoms with Gasteiger partial charge in [0, 0.05) is 19.4 Å². The molecule has 118 valence electrons. The van der Waals surface area contributed by atoms with Crippen molar-refractivity contribution in [1.82, 2.24) is 0 Å². The average molecular weight is 288 g/mol. The lowest BCUT2D eigenvalue weighted by molar-refractivity contribution is -0.144. The van der Waals surface area contributed by atoms with Crippen molar-refractivity contribution in [2.75, 3.05) is 13.2 Å². The number of carbonyl (C=O) groups is 2. The Bertz CT molecular complexity index is 253. The van der Waals surface area contributed by atoms with E-state index in [9.17, 15) is 9.59 Å². The number of esters is 1. The highest BCUT2D eigenvalue weighted by atomic mass is 16.5. The summed E-state index contributed by atoms with van der Waals surface area (Å²) < 4.78 is 5.02. The van der Waals surface area contributed by atoms with Gasteiger partial charge >= 0.3 is 11.9 Å². The Kier molecular flexibility index (Phi) is 13.5. The van der Waals surface area contributed by atoms with Crippen LogP contribution in [0.25, 0.3) is 0 Å². The average Bonchev–Trinajstić information content (AvgIpc) is 2.40. The third-order valence-electron chi connectivity index (χ3n) is 3.09. The Morgan fingerprint density at radius 3 is 1.85 bits per heavy atom. The molecule has 0 radical (unpaired) electrons. The molecule has 5 nitrogen and oxygen atoms in total. The van der Waals surface area contributed by atoms with Crippen LogP contribution in [0, 0.1) is 0 Å². The summed E-state index contributed by atoms with van der Waals surface area (Å²) >= 11 is 0. The van der Waals surface area contributed by atoms with Crippen LogP contribution in [0.5, 0.6) is 0 Å². The molecule has 0 aliphatic carbocycles. The number of ether oxygens (including phenoxy) is 1. The predicted molar refractivity (Wildman–Crippen MR) is 76.5 cm³/mol. The number of aliphatic carboxylic acids is 1. The summed E-state index contributed by atoms with van der Waals surface area (Å²) in [6.45, 7) is 0.730. The predicted octanol–water partition coefficient (Wildman–Crippen LogP) is 2.90. The number of rotatable bonds is 14. The summed E-state index contributed by atoms with van der Waals surface area (Å²) in [5, 5.41) is 17.0. The molecule has 0 amide bonds. The maximum absolute atomic E-state index is 11.2. The summed E-state index contributed by atoms with van der Waals surface area (Å²) in [5.74, 6) is -1.17. The molecule has 0 heterocycles. The minimum Gasteiger partial charge on any atom is -0.481 e. The zero-order chi connectivity index (χ0) is 15.1. The number of unbranched alkanes of at least 4 members (excludes halogenated alkanes) is 7. The molecule has 0 fully saturated rings. The monoisotopic (exact) mass is 288 g/mol. The molecule has 5 heteroatoms. The molecule has 0 bridgehead atoms. The van der Waals surface area contributed by atoms with Gasteiger partial charge in [-0.15, -0.1) is 0 Å². The molecule has 0 aromatic carbocycles.